The molecule has 0 saturated carbocycles. The number of nitrogens with one attached hydrogen (secondary N) is 1. The molecule has 0 radical (unpaired) electrons. The Kier molecular flexibility index (Phi) is 4.76. The Morgan fingerprint density at radius 1 is 1.12 bits per heavy atom. The zero-order chi connectivity index (χ0) is 12.0. The average Bonchev–Trinajstić information content (AvgIpc) is 2.24. The van der Waals surface area contributed by atoms with Crippen molar-refractivity contribution >= 4 is 0 Å². The van der Waals surface area contributed by atoms with Crippen LogP contribution in [0.25, 0.3) is 0 Å². The summed E-state index contributed by atoms with van der Waals surface area (Å²) < 4.78 is 36.7. The third-order valence-electron chi connectivity index (χ3n) is 2.17. The van der Waals surface area contributed by atoms with Gasteiger partial charge in [-0.05, 0) is 37.2 Å². The van der Waals surface area contributed by atoms with E-state index >= 15 is 0 Å². The lowest BCUT2D eigenvalue weighted by Crippen LogP contribution is -2.17. The topological polar surface area (TPSA) is 38.0 Å². The molecular weight excluding hydrogens is 217 g/mol. The molecule has 1 rings (SSSR count). The van der Waals surface area contributed by atoms with Crippen LogP contribution in [0.3, 0.4) is 0 Å². The van der Waals surface area contributed by atoms with Crippen LogP contribution >= 0.6 is 0 Å². The van der Waals surface area contributed by atoms with Crippen LogP contribution in [0.5, 0.6) is 0 Å². The van der Waals surface area contributed by atoms with Gasteiger partial charge in [0.15, 0.2) is 0 Å². The molecule has 0 aliphatic rings. The van der Waals surface area contributed by atoms with E-state index in [4.69, 9.17) is 5.73 Å². The first-order chi connectivity index (χ1) is 7.54. The van der Waals surface area contributed by atoms with E-state index in [0.29, 0.717) is 13.1 Å². The first-order valence-corrected chi connectivity index (χ1v) is 5.11. The number of rotatable bonds is 5. The fourth-order valence-corrected chi connectivity index (χ4v) is 1.27. The van der Waals surface area contributed by atoms with Crippen molar-refractivity contribution in [2.75, 3.05) is 13.1 Å². The third kappa shape index (κ3) is 4.20. The van der Waals surface area contributed by atoms with Crippen LogP contribution in [0.4, 0.5) is 13.2 Å². The van der Waals surface area contributed by atoms with Gasteiger partial charge in [0.05, 0.1) is 5.56 Å². The second-order valence-corrected chi connectivity index (χ2v) is 3.51. The fraction of sp³-hybridized carbons (Fsp3) is 0.455. The predicted octanol–water partition coefficient (Wildman–Crippen LogP) is 2.14. The van der Waals surface area contributed by atoms with Gasteiger partial charge in [-0.3, -0.25) is 0 Å². The van der Waals surface area contributed by atoms with Gasteiger partial charge in [0, 0.05) is 6.54 Å². The van der Waals surface area contributed by atoms with Crippen molar-refractivity contribution < 1.29 is 13.2 Å². The molecule has 0 fully saturated rings. The summed E-state index contributed by atoms with van der Waals surface area (Å²) in [7, 11) is 0. The zero-order valence-electron chi connectivity index (χ0n) is 8.85. The van der Waals surface area contributed by atoms with Gasteiger partial charge in [-0.2, -0.15) is 13.2 Å². The number of halogens is 3. The molecule has 90 valence electrons. The zero-order valence-corrected chi connectivity index (χ0v) is 8.85. The normalized spacial score (nSPS) is 11.8. The summed E-state index contributed by atoms with van der Waals surface area (Å²) in [6.07, 6.45) is -3.40. The summed E-state index contributed by atoms with van der Waals surface area (Å²) in [4.78, 5) is 0. The molecule has 0 unspecified atom stereocenters. The smallest absolute Gasteiger partial charge is 0.330 e. The number of alkyl halides is 3. The second-order valence-electron chi connectivity index (χ2n) is 3.51. The highest BCUT2D eigenvalue weighted by atomic mass is 19.4. The minimum Gasteiger partial charge on any atom is -0.330 e. The first-order valence-electron chi connectivity index (χ1n) is 5.11. The number of nitrogens with two attached hydrogens (primary N) is 1. The van der Waals surface area contributed by atoms with Crippen LogP contribution in [-0.4, -0.2) is 13.1 Å². The minimum atomic E-state index is -4.26. The molecule has 16 heavy (non-hydrogen) atoms. The van der Waals surface area contributed by atoms with Gasteiger partial charge in [-0.15, -0.1) is 0 Å². The Morgan fingerprint density at radius 3 is 2.25 bits per heavy atom. The van der Waals surface area contributed by atoms with E-state index in [1.165, 1.54) is 12.1 Å². The maximum Gasteiger partial charge on any atom is 0.416 e. The molecule has 0 amide bonds. The van der Waals surface area contributed by atoms with Crippen molar-refractivity contribution in [3.63, 3.8) is 0 Å². The van der Waals surface area contributed by atoms with Crippen molar-refractivity contribution in [3.8, 4) is 0 Å². The van der Waals surface area contributed by atoms with E-state index in [-0.39, 0.29) is 0 Å². The molecule has 0 atom stereocenters. The summed E-state index contributed by atoms with van der Waals surface area (Å²) >= 11 is 0. The average molecular weight is 232 g/mol. The van der Waals surface area contributed by atoms with Gasteiger partial charge in [-0.25, -0.2) is 0 Å². The summed E-state index contributed by atoms with van der Waals surface area (Å²) in [6, 6.07) is 5.16. The van der Waals surface area contributed by atoms with E-state index < -0.39 is 11.7 Å². The molecule has 5 heteroatoms. The molecule has 2 nitrogen and oxygen atoms in total. The van der Waals surface area contributed by atoms with Crippen molar-refractivity contribution in [2.24, 2.45) is 5.73 Å². The van der Waals surface area contributed by atoms with E-state index in [1.54, 1.807) is 0 Å². The van der Waals surface area contributed by atoms with Gasteiger partial charge in [0.25, 0.3) is 0 Å². The molecule has 1 aromatic rings. The lowest BCUT2D eigenvalue weighted by molar-refractivity contribution is -0.137. The standard InChI is InChI=1S/C11H15F3N2/c12-11(13,14)10-4-2-9(3-5-10)8-16-7-1-6-15/h2-5,16H,1,6-8,15H2. The summed E-state index contributed by atoms with van der Waals surface area (Å²) in [5, 5.41) is 3.10. The quantitative estimate of drug-likeness (QED) is 0.763. The second kappa shape index (κ2) is 5.86. The van der Waals surface area contributed by atoms with Crippen LogP contribution in [0.15, 0.2) is 24.3 Å². The molecule has 0 bridgehead atoms. The monoisotopic (exact) mass is 232 g/mol. The van der Waals surface area contributed by atoms with Crippen LogP contribution < -0.4 is 11.1 Å². The number of benzene rings is 1. The summed E-state index contributed by atoms with van der Waals surface area (Å²) in [6.45, 7) is 1.95. The molecule has 1 aromatic carbocycles. The predicted molar refractivity (Wildman–Crippen MR) is 56.8 cm³/mol. The fourth-order valence-electron chi connectivity index (χ4n) is 1.27. The molecule has 0 aliphatic carbocycles. The highest BCUT2D eigenvalue weighted by Crippen LogP contribution is 2.28. The maximum atomic E-state index is 12.2. The van der Waals surface area contributed by atoms with E-state index in [2.05, 4.69) is 5.32 Å². The van der Waals surface area contributed by atoms with Gasteiger partial charge < -0.3 is 11.1 Å². The van der Waals surface area contributed by atoms with Gasteiger partial charge >= 0.3 is 6.18 Å². The molecule has 3 N–H and O–H groups in total. The first kappa shape index (κ1) is 13.0. The van der Waals surface area contributed by atoms with E-state index in [1.807, 2.05) is 0 Å². The van der Waals surface area contributed by atoms with Crippen LogP contribution in [-0.2, 0) is 12.7 Å². The van der Waals surface area contributed by atoms with E-state index in [0.717, 1.165) is 30.7 Å². The Bertz CT molecular complexity index is 306. The van der Waals surface area contributed by atoms with Crippen LogP contribution in [0.2, 0.25) is 0 Å². The molecule has 0 heterocycles. The van der Waals surface area contributed by atoms with Crippen LogP contribution in [0, 0.1) is 0 Å². The number of hydrogen-bond donors (Lipinski definition) is 2. The molecular formula is C11H15F3N2. The minimum absolute atomic E-state index is 0.568. The largest absolute Gasteiger partial charge is 0.416 e. The summed E-state index contributed by atoms with van der Waals surface area (Å²) in [5.41, 5.74) is 5.54. The molecule has 0 aromatic heterocycles. The molecule has 0 aliphatic heterocycles. The van der Waals surface area contributed by atoms with Gasteiger partial charge in [0.1, 0.15) is 0 Å². The van der Waals surface area contributed by atoms with Crippen molar-refractivity contribution in [1.29, 1.82) is 0 Å². The van der Waals surface area contributed by atoms with Crippen molar-refractivity contribution in [1.82, 2.24) is 5.32 Å². The van der Waals surface area contributed by atoms with Crippen molar-refractivity contribution in [3.05, 3.63) is 35.4 Å². The van der Waals surface area contributed by atoms with Gasteiger partial charge in [0.2, 0.25) is 0 Å². The van der Waals surface area contributed by atoms with Crippen LogP contribution in [0.1, 0.15) is 17.5 Å². The SMILES string of the molecule is NCCCNCc1ccc(C(F)(F)F)cc1. The van der Waals surface area contributed by atoms with E-state index in [9.17, 15) is 13.2 Å². The molecule has 0 saturated heterocycles. The number of hydrogen-bond acceptors (Lipinski definition) is 2. The highest BCUT2D eigenvalue weighted by molar-refractivity contribution is 5.24. The Hall–Kier alpha value is -1.07. The lowest BCUT2D eigenvalue weighted by Gasteiger charge is -2.08. The lowest BCUT2D eigenvalue weighted by atomic mass is 10.1. The Labute approximate surface area is 92.6 Å². The van der Waals surface area contributed by atoms with Gasteiger partial charge in [-0.1, -0.05) is 12.1 Å². The summed E-state index contributed by atoms with van der Waals surface area (Å²) in [5.74, 6) is 0. The Balaban J connectivity index is 2.46. The maximum absolute atomic E-state index is 12.2. The Morgan fingerprint density at radius 2 is 1.75 bits per heavy atom. The van der Waals surface area contributed by atoms with Crippen molar-refractivity contribution in [2.45, 2.75) is 19.1 Å². The molecule has 0 spiro atoms. The highest BCUT2D eigenvalue weighted by Gasteiger charge is 2.29. The third-order valence-corrected chi connectivity index (χ3v) is 2.17.